The van der Waals surface area contributed by atoms with Crippen LogP contribution >= 0.6 is 0 Å². The number of amidine groups is 1. The standard InChI is InChI=1S/C23H30N4O4/c1-12(2)30-15-8-7-14(11-16(15)29-6)21-25-20(26-23(4)9-10-23)18-17(19(24)28)13(3)31-22(18)27(21)5/h7-8,11-12,21H,9-10H2,1-6H3,(H2,24,28)(H,25,26). The minimum atomic E-state index is -0.526. The predicted molar refractivity (Wildman–Crippen MR) is 119 cm³/mol. The van der Waals surface area contributed by atoms with Crippen LogP contribution in [-0.4, -0.2) is 37.5 Å². The predicted octanol–water partition coefficient (Wildman–Crippen LogP) is 3.52. The number of benzene rings is 1. The number of nitrogens with one attached hydrogen (secondary N) is 1. The highest BCUT2D eigenvalue weighted by molar-refractivity contribution is 6.13. The van der Waals surface area contributed by atoms with Crippen LogP contribution in [0, 0.1) is 6.92 Å². The van der Waals surface area contributed by atoms with Crippen molar-refractivity contribution in [2.45, 2.75) is 58.3 Å². The Bertz CT molecular complexity index is 1050. The lowest BCUT2D eigenvalue weighted by atomic mass is 10.0. The molecule has 1 aromatic carbocycles. The minimum Gasteiger partial charge on any atom is -0.493 e. The van der Waals surface area contributed by atoms with Crippen LogP contribution in [0.15, 0.2) is 27.6 Å². The summed E-state index contributed by atoms with van der Waals surface area (Å²) in [6.45, 7) is 7.83. The van der Waals surface area contributed by atoms with Gasteiger partial charge < -0.3 is 29.8 Å². The molecule has 1 aromatic heterocycles. The van der Waals surface area contributed by atoms with Crippen LogP contribution in [0.4, 0.5) is 5.88 Å². The second kappa shape index (κ2) is 7.51. The molecule has 2 aliphatic rings. The summed E-state index contributed by atoms with van der Waals surface area (Å²) in [6.07, 6.45) is 1.75. The summed E-state index contributed by atoms with van der Waals surface area (Å²) in [5.74, 6) is 2.47. The van der Waals surface area contributed by atoms with Crippen molar-refractivity contribution in [1.29, 1.82) is 0 Å². The van der Waals surface area contributed by atoms with Crippen molar-refractivity contribution in [3.05, 3.63) is 40.6 Å². The van der Waals surface area contributed by atoms with E-state index in [4.69, 9.17) is 24.6 Å². The number of ether oxygens (including phenoxy) is 2. The van der Waals surface area contributed by atoms with Gasteiger partial charge in [0.2, 0.25) is 5.88 Å². The molecule has 4 rings (SSSR count). The molecule has 1 fully saturated rings. The third-order valence-electron chi connectivity index (χ3n) is 5.76. The maximum atomic E-state index is 12.2. The van der Waals surface area contributed by atoms with Crippen LogP contribution in [0.3, 0.4) is 0 Å². The zero-order valence-corrected chi connectivity index (χ0v) is 18.9. The molecule has 1 unspecified atom stereocenters. The van der Waals surface area contributed by atoms with Gasteiger partial charge in [0.1, 0.15) is 11.6 Å². The third-order valence-corrected chi connectivity index (χ3v) is 5.76. The number of furan rings is 1. The highest BCUT2D eigenvalue weighted by Crippen LogP contribution is 2.43. The van der Waals surface area contributed by atoms with Gasteiger partial charge in [-0.3, -0.25) is 4.79 Å². The summed E-state index contributed by atoms with van der Waals surface area (Å²) >= 11 is 0. The summed E-state index contributed by atoms with van der Waals surface area (Å²) in [4.78, 5) is 19.1. The Morgan fingerprint density at radius 2 is 2.06 bits per heavy atom. The quantitative estimate of drug-likeness (QED) is 0.733. The lowest BCUT2D eigenvalue weighted by Gasteiger charge is -2.32. The van der Waals surface area contributed by atoms with Crippen LogP contribution in [0.5, 0.6) is 11.5 Å². The molecule has 3 N–H and O–H groups in total. The van der Waals surface area contributed by atoms with Gasteiger partial charge in [-0.15, -0.1) is 0 Å². The Morgan fingerprint density at radius 3 is 2.65 bits per heavy atom. The van der Waals surface area contributed by atoms with Crippen molar-refractivity contribution in [2.75, 3.05) is 19.1 Å². The molecule has 31 heavy (non-hydrogen) atoms. The van der Waals surface area contributed by atoms with Crippen molar-refractivity contribution in [3.8, 4) is 11.5 Å². The van der Waals surface area contributed by atoms with Crippen LogP contribution in [0.25, 0.3) is 0 Å². The molecule has 0 spiro atoms. The number of primary amides is 1. The maximum Gasteiger partial charge on any atom is 0.253 e. The van der Waals surface area contributed by atoms with Gasteiger partial charge in [0.05, 0.1) is 24.3 Å². The minimum absolute atomic E-state index is 0.0334. The van der Waals surface area contributed by atoms with Crippen molar-refractivity contribution in [3.63, 3.8) is 0 Å². The third kappa shape index (κ3) is 3.82. The number of aliphatic imine (C=N–C) groups is 1. The fourth-order valence-electron chi connectivity index (χ4n) is 3.87. The number of hydrogen-bond acceptors (Lipinski definition) is 7. The topological polar surface area (TPSA) is 102 Å². The Morgan fingerprint density at radius 1 is 1.35 bits per heavy atom. The molecular weight excluding hydrogens is 396 g/mol. The van der Waals surface area contributed by atoms with E-state index in [1.54, 1.807) is 14.0 Å². The van der Waals surface area contributed by atoms with Crippen LogP contribution in [0.1, 0.15) is 67.0 Å². The first-order valence-electron chi connectivity index (χ1n) is 10.5. The summed E-state index contributed by atoms with van der Waals surface area (Å²) in [6, 6.07) is 5.79. The van der Waals surface area contributed by atoms with E-state index in [1.807, 2.05) is 44.0 Å². The maximum absolute atomic E-state index is 12.2. The van der Waals surface area contributed by atoms with E-state index in [0.717, 1.165) is 18.4 Å². The molecule has 2 aromatic rings. The number of amides is 1. The van der Waals surface area contributed by atoms with Gasteiger partial charge >= 0.3 is 0 Å². The lowest BCUT2D eigenvalue weighted by molar-refractivity contribution is 0.0998. The zero-order valence-electron chi connectivity index (χ0n) is 18.9. The van der Waals surface area contributed by atoms with Crippen molar-refractivity contribution in [2.24, 2.45) is 10.7 Å². The van der Waals surface area contributed by atoms with E-state index in [0.29, 0.717) is 40.1 Å². The van der Waals surface area contributed by atoms with Crippen molar-refractivity contribution in [1.82, 2.24) is 5.32 Å². The van der Waals surface area contributed by atoms with E-state index in [1.165, 1.54) is 0 Å². The number of nitrogens with two attached hydrogens (primary N) is 1. The largest absolute Gasteiger partial charge is 0.493 e. The molecule has 1 atom stereocenters. The van der Waals surface area contributed by atoms with Gasteiger partial charge in [-0.2, -0.15) is 0 Å². The van der Waals surface area contributed by atoms with Gasteiger partial charge in [0.15, 0.2) is 17.7 Å². The normalized spacial score (nSPS) is 19.0. The molecule has 1 aliphatic heterocycles. The number of aryl methyl sites for hydroxylation is 1. The average molecular weight is 427 g/mol. The molecule has 0 radical (unpaired) electrons. The van der Waals surface area contributed by atoms with Crippen LogP contribution in [0.2, 0.25) is 0 Å². The molecule has 1 saturated carbocycles. The lowest BCUT2D eigenvalue weighted by Crippen LogP contribution is -2.41. The first kappa shape index (κ1) is 21.1. The molecule has 8 heteroatoms. The second-order valence-corrected chi connectivity index (χ2v) is 8.80. The Hall–Kier alpha value is -3.16. The van der Waals surface area contributed by atoms with Crippen molar-refractivity contribution >= 4 is 17.6 Å². The molecule has 8 nitrogen and oxygen atoms in total. The first-order chi connectivity index (χ1) is 14.6. The Balaban J connectivity index is 1.80. The monoisotopic (exact) mass is 426 g/mol. The highest BCUT2D eigenvalue weighted by Gasteiger charge is 2.42. The number of carbonyl (C=O) groups excluding carboxylic acids is 1. The fraction of sp³-hybridized carbons (Fsp3) is 0.478. The molecule has 1 aliphatic carbocycles. The highest BCUT2D eigenvalue weighted by atomic mass is 16.5. The van der Waals surface area contributed by atoms with E-state index >= 15 is 0 Å². The summed E-state index contributed by atoms with van der Waals surface area (Å²) in [5.41, 5.74) is 7.55. The number of fused-ring (bicyclic) bond motifs is 1. The molecule has 2 heterocycles. The molecule has 0 saturated heterocycles. The number of rotatable bonds is 6. The Kier molecular flexibility index (Phi) is 5.11. The van der Waals surface area contributed by atoms with E-state index < -0.39 is 5.91 Å². The Labute approximate surface area is 182 Å². The smallest absolute Gasteiger partial charge is 0.253 e. The number of nitrogens with zero attached hydrogens (tertiary/aromatic N) is 2. The van der Waals surface area contributed by atoms with Gasteiger partial charge in [-0.05, 0) is 52.7 Å². The van der Waals surface area contributed by atoms with Crippen LogP contribution in [-0.2, 0) is 0 Å². The van der Waals surface area contributed by atoms with E-state index in [-0.39, 0.29) is 17.8 Å². The number of hydrogen-bond donors (Lipinski definition) is 2. The molecular formula is C23H30N4O4. The summed E-state index contributed by atoms with van der Waals surface area (Å²) < 4.78 is 17.4. The van der Waals surface area contributed by atoms with Gasteiger partial charge in [-0.1, -0.05) is 6.07 Å². The second-order valence-electron chi connectivity index (χ2n) is 8.80. The molecule has 0 bridgehead atoms. The first-order valence-corrected chi connectivity index (χ1v) is 10.5. The molecule has 1 amide bonds. The van der Waals surface area contributed by atoms with Crippen LogP contribution < -0.4 is 25.4 Å². The summed E-state index contributed by atoms with van der Waals surface area (Å²) in [7, 11) is 3.51. The fourth-order valence-corrected chi connectivity index (χ4v) is 3.87. The van der Waals surface area contributed by atoms with Gasteiger partial charge in [0.25, 0.3) is 5.91 Å². The van der Waals surface area contributed by atoms with Gasteiger partial charge in [-0.25, -0.2) is 4.99 Å². The number of carbonyl (C=O) groups is 1. The zero-order chi connectivity index (χ0) is 22.5. The number of methoxy groups -OCH3 is 1. The van der Waals surface area contributed by atoms with E-state index in [2.05, 4.69) is 12.2 Å². The number of anilines is 1. The van der Waals surface area contributed by atoms with E-state index in [9.17, 15) is 4.79 Å². The SMILES string of the molecule is COc1cc(C2N=C(NC3(C)CC3)c3c(oc(C)c3C(N)=O)N2C)ccc1OC(C)C. The molecule has 166 valence electrons. The average Bonchev–Trinajstić information content (AvgIpc) is 3.31. The van der Waals surface area contributed by atoms with Crippen molar-refractivity contribution < 1.29 is 18.7 Å². The summed E-state index contributed by atoms with van der Waals surface area (Å²) in [5, 5.41) is 3.52. The van der Waals surface area contributed by atoms with Gasteiger partial charge in [0, 0.05) is 18.2 Å².